The van der Waals surface area contributed by atoms with Gasteiger partial charge in [-0.25, -0.2) is 4.39 Å². The largest absolute Gasteiger partial charge is 0.469 e. The zero-order valence-electron chi connectivity index (χ0n) is 22.9. The third kappa shape index (κ3) is 9.55. The van der Waals surface area contributed by atoms with Gasteiger partial charge in [0.2, 0.25) is 0 Å². The van der Waals surface area contributed by atoms with Gasteiger partial charge in [0.1, 0.15) is 12.7 Å². The number of carbonyl (C=O) groups excluding carboxylic acids is 2. The van der Waals surface area contributed by atoms with Gasteiger partial charge in [-0.1, -0.05) is 36.3 Å². The number of ether oxygens (including phenoxy) is 2. The molecule has 2 unspecified atom stereocenters. The molecule has 0 aromatic heterocycles. The second-order valence-corrected chi connectivity index (χ2v) is 10.3. The summed E-state index contributed by atoms with van der Waals surface area (Å²) in [5.41, 5.74) is 1.65. The molecule has 39 heavy (non-hydrogen) atoms. The topological polar surface area (TPSA) is 59.1 Å². The SMILES string of the molecule is C#CCN(c1ccc(N(CC(=O)OC)SC(/C=C\C(F)CCCS)=C/C)c2ccccc12)C(C)CC(=O)OC. The Morgan fingerprint density at radius 3 is 2.36 bits per heavy atom. The van der Waals surface area contributed by atoms with E-state index in [1.807, 2.05) is 65.5 Å². The van der Waals surface area contributed by atoms with E-state index < -0.39 is 12.1 Å². The second-order valence-electron chi connectivity index (χ2n) is 8.75. The van der Waals surface area contributed by atoms with Crippen molar-refractivity contribution >= 4 is 58.7 Å². The monoisotopic (exact) mass is 572 g/mol. The molecule has 2 aromatic rings. The third-order valence-corrected chi connectivity index (χ3v) is 7.49. The zero-order valence-corrected chi connectivity index (χ0v) is 24.6. The lowest BCUT2D eigenvalue weighted by molar-refractivity contribution is -0.141. The minimum atomic E-state index is -1.07. The summed E-state index contributed by atoms with van der Waals surface area (Å²) in [6.45, 7) is 4.06. The molecule has 0 radical (unpaired) electrons. The van der Waals surface area contributed by atoms with Crippen LogP contribution in [-0.4, -0.2) is 57.2 Å². The van der Waals surface area contributed by atoms with E-state index in [9.17, 15) is 14.0 Å². The number of terminal acetylenes is 1. The number of hydrogen-bond donors (Lipinski definition) is 1. The number of hydrogen-bond acceptors (Lipinski definition) is 8. The molecule has 2 aromatic carbocycles. The van der Waals surface area contributed by atoms with Gasteiger partial charge in [0, 0.05) is 27.4 Å². The van der Waals surface area contributed by atoms with E-state index in [4.69, 9.17) is 15.9 Å². The Hall–Kier alpha value is -3.09. The zero-order chi connectivity index (χ0) is 28.8. The summed E-state index contributed by atoms with van der Waals surface area (Å²) in [7, 11) is 2.71. The first-order valence-corrected chi connectivity index (χ1v) is 14.1. The van der Waals surface area contributed by atoms with Crippen molar-refractivity contribution in [2.45, 2.75) is 45.3 Å². The van der Waals surface area contributed by atoms with Crippen LogP contribution >= 0.6 is 24.6 Å². The minimum absolute atomic E-state index is 0.0266. The fourth-order valence-electron chi connectivity index (χ4n) is 3.98. The number of fused-ring (bicyclic) bond motifs is 1. The number of anilines is 2. The van der Waals surface area contributed by atoms with E-state index in [0.29, 0.717) is 25.1 Å². The number of carbonyl (C=O) groups is 2. The molecule has 2 atom stereocenters. The Balaban J connectivity index is 2.53. The van der Waals surface area contributed by atoms with Gasteiger partial charge >= 0.3 is 11.9 Å². The molecule has 0 saturated carbocycles. The molecule has 0 bridgehead atoms. The molecule has 0 amide bonds. The number of benzene rings is 2. The van der Waals surface area contributed by atoms with Gasteiger partial charge in [0.25, 0.3) is 0 Å². The number of thiol groups is 1. The van der Waals surface area contributed by atoms with Crippen molar-refractivity contribution in [3.8, 4) is 12.3 Å². The maximum Gasteiger partial charge on any atom is 0.326 e. The van der Waals surface area contributed by atoms with Crippen LogP contribution in [0.5, 0.6) is 0 Å². The van der Waals surface area contributed by atoms with Crippen molar-refractivity contribution < 1.29 is 23.5 Å². The van der Waals surface area contributed by atoms with Crippen LogP contribution < -0.4 is 9.21 Å². The number of nitrogens with zero attached hydrogens (tertiary/aromatic N) is 2. The van der Waals surface area contributed by atoms with Crippen LogP contribution in [0, 0.1) is 12.3 Å². The van der Waals surface area contributed by atoms with Gasteiger partial charge in [-0.05, 0) is 68.7 Å². The highest BCUT2D eigenvalue weighted by Gasteiger charge is 2.23. The van der Waals surface area contributed by atoms with Gasteiger partial charge < -0.3 is 18.7 Å². The molecule has 0 N–H and O–H groups in total. The van der Waals surface area contributed by atoms with Crippen molar-refractivity contribution in [2.75, 3.05) is 42.3 Å². The molecular weight excluding hydrogens is 535 g/mol. The fraction of sp³-hybridized carbons (Fsp3) is 0.400. The van der Waals surface area contributed by atoms with E-state index in [1.54, 1.807) is 6.08 Å². The summed E-state index contributed by atoms with van der Waals surface area (Å²) in [5, 5.41) is 1.79. The van der Waals surface area contributed by atoms with Crippen LogP contribution in [-0.2, 0) is 19.1 Å². The molecule has 0 aliphatic heterocycles. The summed E-state index contributed by atoms with van der Waals surface area (Å²) >= 11 is 5.48. The normalized spacial score (nSPS) is 13.1. The molecule has 2 rings (SSSR count). The average Bonchev–Trinajstić information content (AvgIpc) is 2.95. The van der Waals surface area contributed by atoms with E-state index in [2.05, 4.69) is 18.5 Å². The number of methoxy groups -OCH3 is 2. The predicted molar refractivity (Wildman–Crippen MR) is 164 cm³/mol. The summed E-state index contributed by atoms with van der Waals surface area (Å²) in [6.07, 6.45) is 11.0. The average molecular weight is 573 g/mol. The molecular formula is C30H37FN2O4S2. The Labute approximate surface area is 241 Å². The van der Waals surface area contributed by atoms with E-state index in [-0.39, 0.29) is 25.0 Å². The maximum atomic E-state index is 14.3. The lowest BCUT2D eigenvalue weighted by Gasteiger charge is -2.31. The predicted octanol–water partition coefficient (Wildman–Crippen LogP) is 6.37. The highest BCUT2D eigenvalue weighted by molar-refractivity contribution is 8.04. The minimum Gasteiger partial charge on any atom is -0.469 e. The third-order valence-electron chi connectivity index (χ3n) is 6.05. The van der Waals surface area contributed by atoms with Crippen LogP contribution in [0.2, 0.25) is 0 Å². The Morgan fingerprint density at radius 1 is 1.13 bits per heavy atom. The Bertz CT molecular complexity index is 1210. The van der Waals surface area contributed by atoms with Crippen LogP contribution in [0.15, 0.2) is 59.5 Å². The van der Waals surface area contributed by atoms with E-state index >= 15 is 0 Å². The molecule has 0 aliphatic rings. The van der Waals surface area contributed by atoms with Crippen molar-refractivity contribution in [3.63, 3.8) is 0 Å². The summed E-state index contributed by atoms with van der Waals surface area (Å²) in [6, 6.07) is 11.5. The second kappa shape index (κ2) is 16.8. The number of alkyl halides is 1. The smallest absolute Gasteiger partial charge is 0.326 e. The van der Waals surface area contributed by atoms with Crippen LogP contribution in [0.25, 0.3) is 10.8 Å². The standard InChI is InChI=1S/C30H37FN2O4S2/c1-6-18-32(22(3)20-29(34)36-4)27-16-17-28(26-13-9-8-12-25(26)27)33(21-30(35)37-5)39-24(7-2)15-14-23(31)11-10-19-38/h1,7-9,12-17,22-23,38H,10-11,18-21H2,2-5H3/b15-14-,24-7+. The highest BCUT2D eigenvalue weighted by atomic mass is 32.2. The first kappa shape index (κ1) is 32.1. The van der Waals surface area contributed by atoms with Gasteiger partial charge in [-0.3, -0.25) is 9.59 Å². The van der Waals surface area contributed by atoms with Gasteiger partial charge in [-0.15, -0.1) is 6.42 Å². The first-order valence-electron chi connectivity index (χ1n) is 12.7. The van der Waals surface area contributed by atoms with Crippen molar-refractivity contribution in [2.24, 2.45) is 0 Å². The lowest BCUT2D eigenvalue weighted by atomic mass is 10.0. The number of halogens is 1. The van der Waals surface area contributed by atoms with Gasteiger partial charge in [-0.2, -0.15) is 12.6 Å². The fourth-order valence-corrected chi connectivity index (χ4v) is 5.09. The van der Waals surface area contributed by atoms with E-state index in [1.165, 1.54) is 32.2 Å². The molecule has 0 spiro atoms. The molecule has 0 fully saturated rings. The van der Waals surface area contributed by atoms with Crippen molar-refractivity contribution in [1.29, 1.82) is 0 Å². The number of rotatable bonds is 15. The van der Waals surface area contributed by atoms with Crippen LogP contribution in [0.1, 0.15) is 33.1 Å². The summed E-state index contributed by atoms with van der Waals surface area (Å²) in [5.74, 6) is 2.60. The Morgan fingerprint density at radius 2 is 1.77 bits per heavy atom. The van der Waals surface area contributed by atoms with Crippen LogP contribution in [0.3, 0.4) is 0 Å². The van der Waals surface area contributed by atoms with Gasteiger partial charge in [0.15, 0.2) is 0 Å². The summed E-state index contributed by atoms with van der Waals surface area (Å²) in [4.78, 5) is 27.2. The van der Waals surface area contributed by atoms with Gasteiger partial charge in [0.05, 0.1) is 32.9 Å². The highest BCUT2D eigenvalue weighted by Crippen LogP contribution is 2.39. The van der Waals surface area contributed by atoms with Crippen molar-refractivity contribution in [3.05, 3.63) is 59.5 Å². The first-order chi connectivity index (χ1) is 18.8. The molecule has 210 valence electrons. The number of allylic oxidation sites excluding steroid dienone is 3. The number of esters is 2. The van der Waals surface area contributed by atoms with Crippen LogP contribution in [0.4, 0.5) is 15.8 Å². The maximum absolute atomic E-state index is 14.3. The van der Waals surface area contributed by atoms with Crippen molar-refractivity contribution in [1.82, 2.24) is 0 Å². The van der Waals surface area contributed by atoms with E-state index in [0.717, 1.165) is 27.1 Å². The molecule has 0 aliphatic carbocycles. The lowest BCUT2D eigenvalue weighted by Crippen LogP contribution is -2.35. The Kier molecular flexibility index (Phi) is 13.8. The quantitative estimate of drug-likeness (QED) is 0.0875. The molecule has 0 saturated heterocycles. The molecule has 0 heterocycles. The summed E-state index contributed by atoms with van der Waals surface area (Å²) < 4.78 is 25.9. The molecule has 9 heteroatoms. The molecule has 6 nitrogen and oxygen atoms in total.